The van der Waals surface area contributed by atoms with Crippen LogP contribution in [-0.4, -0.2) is 22.2 Å². The molecule has 1 aliphatic heterocycles. The van der Waals surface area contributed by atoms with Gasteiger partial charge in [0.2, 0.25) is 0 Å². The lowest BCUT2D eigenvalue weighted by atomic mass is 9.80. The summed E-state index contributed by atoms with van der Waals surface area (Å²) in [6.07, 6.45) is 2.79. The molecule has 0 aromatic rings. The first kappa shape index (κ1) is 11.3. The van der Waals surface area contributed by atoms with Crippen LogP contribution in [0.2, 0.25) is 0 Å². The van der Waals surface area contributed by atoms with Crippen LogP contribution >= 0.6 is 0 Å². The fourth-order valence-electron chi connectivity index (χ4n) is 2.33. The van der Waals surface area contributed by atoms with Gasteiger partial charge >= 0.3 is 0 Å². The first-order valence-electron chi connectivity index (χ1n) is 4.82. The molecule has 1 rings (SSSR count). The van der Waals surface area contributed by atoms with E-state index in [1.54, 1.807) is 6.26 Å². The van der Waals surface area contributed by atoms with Gasteiger partial charge in [0.1, 0.15) is 6.10 Å². The Morgan fingerprint density at radius 3 is 2.07 bits per heavy atom. The van der Waals surface area contributed by atoms with Crippen LogP contribution in [0.1, 0.15) is 40.5 Å². The summed E-state index contributed by atoms with van der Waals surface area (Å²) in [5, 5.41) is 21.5. The molecule has 79 valence electrons. The molecule has 1 fully saturated rings. The summed E-state index contributed by atoms with van der Waals surface area (Å²) in [4.78, 5) is 0. The van der Waals surface area contributed by atoms with E-state index in [4.69, 9.17) is 10.00 Å². The average molecular weight is 197 g/mol. The zero-order chi connectivity index (χ0) is 11.0. The Balaban J connectivity index is 2.81. The lowest BCUT2D eigenvalue weighted by molar-refractivity contribution is -0.298. The van der Waals surface area contributed by atoms with Crippen molar-refractivity contribution in [3.05, 3.63) is 0 Å². The highest BCUT2D eigenvalue weighted by molar-refractivity contribution is 4.97. The van der Waals surface area contributed by atoms with Crippen LogP contribution in [0.5, 0.6) is 0 Å². The molecule has 0 aliphatic carbocycles. The number of piperidine rings is 1. The smallest absolute Gasteiger partial charge is 0.286 e. The first-order valence-corrected chi connectivity index (χ1v) is 4.82. The highest BCUT2D eigenvalue weighted by atomic mass is 16.5. The fraction of sp³-hybridized carbons (Fsp3) is 0.900. The predicted molar refractivity (Wildman–Crippen MR) is 50.4 cm³/mol. The van der Waals surface area contributed by atoms with Crippen molar-refractivity contribution >= 4 is 0 Å². The first-order chi connectivity index (χ1) is 6.29. The summed E-state index contributed by atoms with van der Waals surface area (Å²) in [5.41, 5.74) is -0.910. The van der Waals surface area contributed by atoms with Crippen molar-refractivity contribution in [2.75, 3.05) is 0 Å². The van der Waals surface area contributed by atoms with Crippen LogP contribution in [0.4, 0.5) is 0 Å². The number of nitrogens with zero attached hydrogens (tertiary/aromatic N) is 2. The van der Waals surface area contributed by atoms with Crippen LogP contribution in [0.3, 0.4) is 0 Å². The van der Waals surface area contributed by atoms with E-state index in [-0.39, 0.29) is 6.10 Å². The standard InChI is InChI=1S/C10H17N2O2/c1-9(2)5-8(14-7-11)6-10(3,4)12(9)13/h8H,5-6H2,1-4H3. The Labute approximate surface area is 85.0 Å². The normalized spacial score (nSPS) is 26.9. The lowest BCUT2D eigenvalue weighted by Gasteiger charge is -2.48. The van der Waals surface area contributed by atoms with E-state index >= 15 is 0 Å². The minimum atomic E-state index is -0.455. The zero-order valence-electron chi connectivity index (χ0n) is 9.20. The molecule has 0 N–H and O–H groups in total. The summed E-state index contributed by atoms with van der Waals surface area (Å²) in [6.45, 7) is 7.53. The summed E-state index contributed by atoms with van der Waals surface area (Å²) < 4.78 is 4.94. The molecular formula is C10H17N2O2. The van der Waals surface area contributed by atoms with Gasteiger partial charge in [-0.25, -0.2) is 0 Å². The third-order valence-electron chi connectivity index (χ3n) is 2.77. The predicted octanol–water partition coefficient (Wildman–Crippen LogP) is 1.85. The third kappa shape index (κ3) is 1.99. The van der Waals surface area contributed by atoms with E-state index in [0.29, 0.717) is 12.8 Å². The van der Waals surface area contributed by atoms with Gasteiger partial charge in [0.05, 0.1) is 0 Å². The molecule has 0 spiro atoms. The average Bonchev–Trinajstić information content (AvgIpc) is 1.99. The maximum absolute atomic E-state index is 11.9. The van der Waals surface area contributed by atoms with E-state index in [1.165, 1.54) is 0 Å². The second-order valence-electron chi connectivity index (χ2n) is 5.16. The number of hydrogen-bond acceptors (Lipinski definition) is 3. The van der Waals surface area contributed by atoms with Crippen molar-refractivity contribution in [2.24, 2.45) is 0 Å². The quantitative estimate of drug-likeness (QED) is 0.603. The Kier molecular flexibility index (Phi) is 2.75. The van der Waals surface area contributed by atoms with Gasteiger partial charge in [-0.2, -0.15) is 5.26 Å². The van der Waals surface area contributed by atoms with Gasteiger partial charge in [-0.1, -0.05) is 0 Å². The van der Waals surface area contributed by atoms with E-state index in [2.05, 4.69) is 0 Å². The summed E-state index contributed by atoms with van der Waals surface area (Å²) in [6, 6.07) is 0. The van der Waals surface area contributed by atoms with Gasteiger partial charge in [-0.05, 0) is 27.7 Å². The van der Waals surface area contributed by atoms with Crippen molar-refractivity contribution in [3.8, 4) is 6.26 Å². The topological polar surface area (TPSA) is 56.2 Å². The third-order valence-corrected chi connectivity index (χ3v) is 2.77. The SMILES string of the molecule is CC1(C)CC(OC#N)CC(C)(C)N1[O]. The molecule has 0 amide bonds. The van der Waals surface area contributed by atoms with Crippen LogP contribution in [0, 0.1) is 11.5 Å². The maximum atomic E-state index is 11.9. The number of ether oxygens (including phenoxy) is 1. The molecule has 0 unspecified atom stereocenters. The zero-order valence-corrected chi connectivity index (χ0v) is 9.20. The fourth-order valence-corrected chi connectivity index (χ4v) is 2.33. The molecule has 0 atom stereocenters. The van der Waals surface area contributed by atoms with Gasteiger partial charge in [0.25, 0.3) is 6.26 Å². The van der Waals surface area contributed by atoms with E-state index in [1.807, 2.05) is 27.7 Å². The Bertz CT molecular complexity index is 237. The largest absolute Gasteiger partial charge is 0.424 e. The van der Waals surface area contributed by atoms with Crippen LogP contribution < -0.4 is 0 Å². The minimum Gasteiger partial charge on any atom is -0.424 e. The van der Waals surface area contributed by atoms with Crippen LogP contribution in [0.15, 0.2) is 0 Å². The second-order valence-corrected chi connectivity index (χ2v) is 5.16. The highest BCUT2D eigenvalue weighted by Gasteiger charge is 2.47. The molecule has 0 saturated carbocycles. The van der Waals surface area contributed by atoms with Crippen LogP contribution in [0.25, 0.3) is 0 Å². The Morgan fingerprint density at radius 2 is 1.71 bits per heavy atom. The van der Waals surface area contributed by atoms with E-state index in [9.17, 15) is 5.21 Å². The van der Waals surface area contributed by atoms with Crippen molar-refractivity contribution in [2.45, 2.75) is 57.7 Å². The number of hydroxylamine groups is 2. The molecule has 4 heteroatoms. The highest BCUT2D eigenvalue weighted by Crippen LogP contribution is 2.37. The molecule has 1 aliphatic rings. The van der Waals surface area contributed by atoms with Gasteiger partial charge in [0, 0.05) is 23.9 Å². The van der Waals surface area contributed by atoms with Gasteiger partial charge in [-0.15, -0.1) is 10.3 Å². The van der Waals surface area contributed by atoms with Crippen molar-refractivity contribution in [3.63, 3.8) is 0 Å². The van der Waals surface area contributed by atoms with Crippen LogP contribution in [-0.2, 0) is 9.94 Å². The van der Waals surface area contributed by atoms with E-state index < -0.39 is 11.1 Å². The number of rotatable bonds is 1. The molecule has 0 aromatic heterocycles. The monoisotopic (exact) mass is 197 g/mol. The molecule has 0 bridgehead atoms. The Hall–Kier alpha value is -0.790. The van der Waals surface area contributed by atoms with E-state index in [0.717, 1.165) is 5.06 Å². The molecule has 14 heavy (non-hydrogen) atoms. The molecule has 4 nitrogen and oxygen atoms in total. The molecule has 1 radical (unpaired) electrons. The van der Waals surface area contributed by atoms with Gasteiger partial charge < -0.3 is 4.74 Å². The Morgan fingerprint density at radius 1 is 1.29 bits per heavy atom. The molecule has 0 aromatic carbocycles. The number of nitriles is 1. The van der Waals surface area contributed by atoms with Crippen molar-refractivity contribution in [1.82, 2.24) is 5.06 Å². The van der Waals surface area contributed by atoms with Crippen molar-refractivity contribution < 1.29 is 9.94 Å². The second kappa shape index (κ2) is 3.41. The molecule has 1 saturated heterocycles. The number of hydrogen-bond donors (Lipinski definition) is 0. The summed E-state index contributed by atoms with van der Waals surface area (Å²) in [5.74, 6) is 0. The minimum absolute atomic E-state index is 0.129. The van der Waals surface area contributed by atoms with Gasteiger partial charge in [-0.3, -0.25) is 0 Å². The molecule has 1 heterocycles. The molecular weight excluding hydrogens is 180 g/mol. The van der Waals surface area contributed by atoms with Crippen molar-refractivity contribution in [1.29, 1.82) is 5.26 Å². The lowest BCUT2D eigenvalue weighted by Crippen LogP contribution is -2.59. The summed E-state index contributed by atoms with van der Waals surface area (Å²) in [7, 11) is 0. The van der Waals surface area contributed by atoms with Gasteiger partial charge in [0.15, 0.2) is 0 Å². The summed E-state index contributed by atoms with van der Waals surface area (Å²) >= 11 is 0. The maximum Gasteiger partial charge on any atom is 0.286 e.